The molecular formula is C12H18N2OS. The third-order valence-electron chi connectivity index (χ3n) is 3.34. The van der Waals surface area contributed by atoms with Crippen molar-refractivity contribution < 1.29 is 4.79 Å². The van der Waals surface area contributed by atoms with E-state index in [1.165, 1.54) is 5.56 Å². The first-order chi connectivity index (χ1) is 7.68. The zero-order valence-electron chi connectivity index (χ0n) is 9.69. The molecule has 16 heavy (non-hydrogen) atoms. The van der Waals surface area contributed by atoms with Crippen LogP contribution in [-0.4, -0.2) is 19.0 Å². The van der Waals surface area contributed by atoms with Crippen molar-refractivity contribution in [2.45, 2.75) is 19.9 Å². The van der Waals surface area contributed by atoms with Gasteiger partial charge in [0.05, 0.1) is 6.04 Å². The highest BCUT2D eigenvalue weighted by Gasteiger charge is 2.29. The van der Waals surface area contributed by atoms with Gasteiger partial charge in [-0.25, -0.2) is 0 Å². The predicted molar refractivity (Wildman–Crippen MR) is 66.4 cm³/mol. The Bertz CT molecular complexity index is 346. The van der Waals surface area contributed by atoms with Crippen LogP contribution in [0.2, 0.25) is 0 Å². The van der Waals surface area contributed by atoms with Gasteiger partial charge in [0.15, 0.2) is 0 Å². The van der Waals surface area contributed by atoms with Crippen LogP contribution in [0.1, 0.15) is 25.5 Å². The summed E-state index contributed by atoms with van der Waals surface area (Å²) in [6.07, 6.45) is 0. The molecule has 0 spiro atoms. The van der Waals surface area contributed by atoms with Crippen molar-refractivity contribution in [1.82, 2.24) is 10.6 Å². The van der Waals surface area contributed by atoms with Gasteiger partial charge in [-0.2, -0.15) is 11.3 Å². The molecule has 0 aliphatic carbocycles. The monoisotopic (exact) mass is 238 g/mol. The lowest BCUT2D eigenvalue weighted by Gasteiger charge is -2.32. The molecule has 88 valence electrons. The maximum Gasteiger partial charge on any atom is 0.223 e. The van der Waals surface area contributed by atoms with Crippen molar-refractivity contribution in [3.05, 3.63) is 22.4 Å². The Labute approximate surface area is 100 Å². The van der Waals surface area contributed by atoms with Gasteiger partial charge in [0, 0.05) is 5.92 Å². The third-order valence-corrected chi connectivity index (χ3v) is 4.04. The fourth-order valence-electron chi connectivity index (χ4n) is 1.83. The molecule has 3 nitrogen and oxygen atoms in total. The van der Waals surface area contributed by atoms with Gasteiger partial charge in [-0.1, -0.05) is 6.92 Å². The Morgan fingerprint density at radius 2 is 2.31 bits per heavy atom. The quantitative estimate of drug-likeness (QED) is 0.839. The molecule has 0 radical (unpaired) electrons. The molecule has 1 saturated heterocycles. The molecular weight excluding hydrogens is 220 g/mol. The van der Waals surface area contributed by atoms with Crippen molar-refractivity contribution in [2.24, 2.45) is 11.8 Å². The summed E-state index contributed by atoms with van der Waals surface area (Å²) in [5, 5.41) is 10.4. The summed E-state index contributed by atoms with van der Waals surface area (Å²) in [5.74, 6) is 0.794. The number of carbonyl (C=O) groups is 1. The van der Waals surface area contributed by atoms with Crippen LogP contribution in [0.25, 0.3) is 0 Å². The minimum absolute atomic E-state index is 0.113. The van der Waals surface area contributed by atoms with E-state index in [-0.39, 0.29) is 17.9 Å². The number of hydrogen-bond donors (Lipinski definition) is 2. The Hall–Kier alpha value is -0.870. The van der Waals surface area contributed by atoms with Crippen molar-refractivity contribution in [1.29, 1.82) is 0 Å². The first-order valence-electron chi connectivity index (χ1n) is 5.71. The highest BCUT2D eigenvalue weighted by Crippen LogP contribution is 2.19. The van der Waals surface area contributed by atoms with E-state index in [0.717, 1.165) is 13.1 Å². The normalized spacial score (nSPS) is 19.9. The zero-order chi connectivity index (χ0) is 11.5. The Morgan fingerprint density at radius 1 is 1.56 bits per heavy atom. The highest BCUT2D eigenvalue weighted by atomic mass is 32.1. The van der Waals surface area contributed by atoms with Crippen molar-refractivity contribution in [3.8, 4) is 0 Å². The van der Waals surface area contributed by atoms with Crippen molar-refractivity contribution in [3.63, 3.8) is 0 Å². The van der Waals surface area contributed by atoms with Crippen molar-refractivity contribution >= 4 is 17.2 Å². The lowest BCUT2D eigenvalue weighted by Crippen LogP contribution is -2.49. The lowest BCUT2D eigenvalue weighted by atomic mass is 9.88. The van der Waals surface area contributed by atoms with E-state index in [1.807, 2.05) is 19.2 Å². The maximum atomic E-state index is 11.9. The smallest absolute Gasteiger partial charge is 0.223 e. The summed E-state index contributed by atoms with van der Waals surface area (Å²) in [5.41, 5.74) is 1.19. The molecule has 1 fully saturated rings. The van der Waals surface area contributed by atoms with Crippen LogP contribution in [0.15, 0.2) is 16.8 Å². The van der Waals surface area contributed by atoms with Crippen LogP contribution in [0.5, 0.6) is 0 Å². The highest BCUT2D eigenvalue weighted by molar-refractivity contribution is 7.07. The maximum absolute atomic E-state index is 11.9. The summed E-state index contributed by atoms with van der Waals surface area (Å²) in [7, 11) is 0. The van der Waals surface area contributed by atoms with Crippen molar-refractivity contribution in [2.75, 3.05) is 13.1 Å². The van der Waals surface area contributed by atoms with Crippen LogP contribution >= 0.6 is 11.3 Å². The minimum atomic E-state index is 0.113. The summed E-state index contributed by atoms with van der Waals surface area (Å²) in [6.45, 7) is 6.00. The molecule has 1 amide bonds. The number of nitrogens with one attached hydrogen (secondary N) is 2. The van der Waals surface area contributed by atoms with Gasteiger partial charge in [0.1, 0.15) is 0 Å². The standard InChI is InChI=1S/C12H18N2OS/c1-8(11-5-13-6-11)12(15)14-9(2)10-3-4-16-7-10/h3-4,7-9,11,13H,5-6H2,1-2H3,(H,14,15). The number of hydrogen-bond acceptors (Lipinski definition) is 3. The molecule has 1 aromatic rings. The van der Waals surface area contributed by atoms with E-state index in [1.54, 1.807) is 11.3 Å². The molecule has 2 rings (SSSR count). The fourth-order valence-corrected chi connectivity index (χ4v) is 2.58. The summed E-state index contributed by atoms with van der Waals surface area (Å²) in [6, 6.07) is 2.18. The summed E-state index contributed by atoms with van der Waals surface area (Å²) >= 11 is 1.66. The average Bonchev–Trinajstić information content (AvgIpc) is 2.67. The van der Waals surface area contributed by atoms with E-state index >= 15 is 0 Å². The second-order valence-electron chi connectivity index (χ2n) is 4.49. The van der Waals surface area contributed by atoms with Gasteiger partial charge in [0.2, 0.25) is 5.91 Å². The molecule has 2 atom stereocenters. The molecule has 1 aliphatic heterocycles. The Kier molecular flexibility index (Phi) is 3.61. The van der Waals surface area contributed by atoms with Gasteiger partial charge in [-0.05, 0) is 48.3 Å². The second-order valence-corrected chi connectivity index (χ2v) is 5.27. The first kappa shape index (κ1) is 11.6. The topological polar surface area (TPSA) is 41.1 Å². The molecule has 0 bridgehead atoms. The van der Waals surface area contributed by atoms with Crippen LogP contribution in [0, 0.1) is 11.8 Å². The van der Waals surface area contributed by atoms with Gasteiger partial charge in [-0.3, -0.25) is 4.79 Å². The number of amides is 1. The van der Waals surface area contributed by atoms with Gasteiger partial charge >= 0.3 is 0 Å². The summed E-state index contributed by atoms with van der Waals surface area (Å²) in [4.78, 5) is 11.9. The lowest BCUT2D eigenvalue weighted by molar-refractivity contribution is -0.127. The van der Waals surface area contributed by atoms with Crippen LogP contribution in [-0.2, 0) is 4.79 Å². The number of rotatable bonds is 4. The zero-order valence-corrected chi connectivity index (χ0v) is 10.5. The summed E-state index contributed by atoms with van der Waals surface area (Å²) < 4.78 is 0. The molecule has 1 aliphatic rings. The number of carbonyl (C=O) groups excluding carboxylic acids is 1. The van der Waals surface area contributed by atoms with E-state index in [9.17, 15) is 4.79 Å². The Morgan fingerprint density at radius 3 is 2.81 bits per heavy atom. The van der Waals surface area contributed by atoms with E-state index in [2.05, 4.69) is 22.1 Å². The molecule has 4 heteroatoms. The van der Waals surface area contributed by atoms with Gasteiger partial charge in [-0.15, -0.1) is 0 Å². The van der Waals surface area contributed by atoms with Gasteiger partial charge < -0.3 is 10.6 Å². The first-order valence-corrected chi connectivity index (χ1v) is 6.66. The third kappa shape index (κ3) is 2.44. The van der Waals surface area contributed by atoms with Gasteiger partial charge in [0.25, 0.3) is 0 Å². The van der Waals surface area contributed by atoms with E-state index in [4.69, 9.17) is 0 Å². The molecule has 2 heterocycles. The van der Waals surface area contributed by atoms with E-state index in [0.29, 0.717) is 5.92 Å². The second kappa shape index (κ2) is 4.97. The molecule has 2 unspecified atom stereocenters. The predicted octanol–water partition coefficient (Wildman–Crippen LogP) is 1.78. The number of thiophene rings is 1. The average molecular weight is 238 g/mol. The van der Waals surface area contributed by atoms with Crippen LogP contribution < -0.4 is 10.6 Å². The molecule has 0 saturated carbocycles. The molecule has 2 N–H and O–H groups in total. The Balaban J connectivity index is 1.86. The fraction of sp³-hybridized carbons (Fsp3) is 0.583. The van der Waals surface area contributed by atoms with E-state index < -0.39 is 0 Å². The molecule has 1 aromatic heterocycles. The van der Waals surface area contributed by atoms with Crippen LogP contribution in [0.3, 0.4) is 0 Å². The minimum Gasteiger partial charge on any atom is -0.349 e. The largest absolute Gasteiger partial charge is 0.349 e. The van der Waals surface area contributed by atoms with Crippen LogP contribution in [0.4, 0.5) is 0 Å². The SMILES string of the molecule is CC(NC(=O)C(C)C1CNC1)c1ccsc1. The molecule has 0 aromatic carbocycles.